The minimum absolute atomic E-state index is 0.185. The van der Waals surface area contributed by atoms with Crippen LogP contribution in [0.25, 0.3) is 0 Å². The number of carbonyl (C=O) groups is 2. The van der Waals surface area contributed by atoms with Gasteiger partial charge in [0.05, 0.1) is 0 Å². The van der Waals surface area contributed by atoms with E-state index < -0.39 is 0 Å². The van der Waals surface area contributed by atoms with Crippen molar-refractivity contribution in [2.45, 2.75) is 65.0 Å². The maximum Gasteiger partial charge on any atom is 0.312 e. The molecule has 1 fully saturated rings. The van der Waals surface area contributed by atoms with Crippen LogP contribution in [0.5, 0.6) is 0 Å². The van der Waals surface area contributed by atoms with Gasteiger partial charge in [-0.25, -0.2) is 0 Å². The molecule has 0 aromatic heterocycles. The number of hydrogen-bond acceptors (Lipinski definition) is 2. The van der Waals surface area contributed by atoms with Crippen molar-refractivity contribution >= 4 is 11.8 Å². The molecule has 0 saturated carbocycles. The number of unbranched alkanes of at least 4 members (excludes halogenated alkanes) is 1. The van der Waals surface area contributed by atoms with E-state index in [0.717, 1.165) is 32.1 Å². The molecule has 4 nitrogen and oxygen atoms in total. The second kappa shape index (κ2) is 6.76. The summed E-state index contributed by atoms with van der Waals surface area (Å²) in [7, 11) is 1.72. The highest BCUT2D eigenvalue weighted by Crippen LogP contribution is 2.22. The topological polar surface area (TPSA) is 40.6 Å². The molecule has 2 atom stereocenters. The van der Waals surface area contributed by atoms with E-state index in [1.54, 1.807) is 16.8 Å². The molecule has 2 unspecified atom stereocenters. The number of carbonyl (C=O) groups excluding carboxylic acids is 2. The third-order valence-corrected chi connectivity index (χ3v) is 3.80. The van der Waals surface area contributed by atoms with Crippen LogP contribution in [-0.4, -0.2) is 47.3 Å². The van der Waals surface area contributed by atoms with Crippen LogP contribution in [0.15, 0.2) is 0 Å². The lowest BCUT2D eigenvalue weighted by atomic mass is 9.97. The summed E-state index contributed by atoms with van der Waals surface area (Å²) < 4.78 is 0. The number of piperidine rings is 1. The Kier molecular flexibility index (Phi) is 5.63. The summed E-state index contributed by atoms with van der Waals surface area (Å²) in [4.78, 5) is 27.7. The molecule has 0 bridgehead atoms. The van der Waals surface area contributed by atoms with Gasteiger partial charge in [-0.1, -0.05) is 13.3 Å². The number of nitrogens with zero attached hydrogens (tertiary/aromatic N) is 2. The molecule has 1 rings (SSSR count). The molecule has 0 aromatic carbocycles. The molecule has 4 heteroatoms. The van der Waals surface area contributed by atoms with E-state index in [9.17, 15) is 9.59 Å². The van der Waals surface area contributed by atoms with Crippen LogP contribution in [0.1, 0.15) is 52.9 Å². The zero-order valence-electron chi connectivity index (χ0n) is 12.1. The predicted octanol–water partition coefficient (Wildman–Crippen LogP) is 2.03. The second-order valence-electron chi connectivity index (χ2n) is 5.42. The Labute approximate surface area is 110 Å². The van der Waals surface area contributed by atoms with Crippen LogP contribution < -0.4 is 0 Å². The molecule has 1 heterocycles. The van der Waals surface area contributed by atoms with Gasteiger partial charge in [0.1, 0.15) is 0 Å². The maximum absolute atomic E-state index is 12.3. The molecular formula is C14H26N2O2. The standard InChI is InChI=1S/C14H26N2O2/c1-5-6-10-15(4)13(17)14(18)16-11(2)8-7-9-12(16)3/h11-12H,5-10H2,1-4H3. The number of likely N-dealkylation sites (N-methyl/N-ethyl adjacent to an activating group) is 1. The van der Waals surface area contributed by atoms with Crippen molar-refractivity contribution < 1.29 is 9.59 Å². The summed E-state index contributed by atoms with van der Waals surface area (Å²) in [5, 5.41) is 0. The molecule has 0 radical (unpaired) electrons. The van der Waals surface area contributed by atoms with E-state index in [0.29, 0.717) is 6.54 Å². The minimum Gasteiger partial charge on any atom is -0.338 e. The molecule has 1 saturated heterocycles. The smallest absolute Gasteiger partial charge is 0.312 e. The molecule has 18 heavy (non-hydrogen) atoms. The van der Waals surface area contributed by atoms with Gasteiger partial charge in [0.2, 0.25) is 0 Å². The molecule has 0 N–H and O–H groups in total. The largest absolute Gasteiger partial charge is 0.338 e. The first-order chi connectivity index (χ1) is 8.49. The zero-order valence-corrected chi connectivity index (χ0v) is 12.1. The Morgan fingerprint density at radius 1 is 1.22 bits per heavy atom. The van der Waals surface area contributed by atoms with Gasteiger partial charge in [-0.3, -0.25) is 9.59 Å². The lowest BCUT2D eigenvalue weighted by molar-refractivity contribution is -0.154. The van der Waals surface area contributed by atoms with Crippen molar-refractivity contribution in [3.63, 3.8) is 0 Å². The summed E-state index contributed by atoms with van der Waals surface area (Å²) in [6, 6.07) is 0.370. The van der Waals surface area contributed by atoms with E-state index >= 15 is 0 Å². The van der Waals surface area contributed by atoms with Gasteiger partial charge in [0.15, 0.2) is 0 Å². The van der Waals surface area contributed by atoms with Crippen molar-refractivity contribution in [1.82, 2.24) is 9.80 Å². The Bertz CT molecular complexity index is 294. The third-order valence-electron chi connectivity index (χ3n) is 3.80. The SMILES string of the molecule is CCCCN(C)C(=O)C(=O)N1C(C)CCCC1C. The number of likely N-dealkylation sites (tertiary alicyclic amines) is 1. The van der Waals surface area contributed by atoms with Gasteiger partial charge in [-0.2, -0.15) is 0 Å². The van der Waals surface area contributed by atoms with E-state index in [1.807, 2.05) is 13.8 Å². The van der Waals surface area contributed by atoms with Gasteiger partial charge in [-0.15, -0.1) is 0 Å². The van der Waals surface area contributed by atoms with E-state index in [2.05, 4.69) is 6.92 Å². The van der Waals surface area contributed by atoms with Crippen LogP contribution in [0.2, 0.25) is 0 Å². The summed E-state index contributed by atoms with van der Waals surface area (Å²) in [6.07, 6.45) is 5.12. The predicted molar refractivity (Wildman–Crippen MR) is 72.2 cm³/mol. The van der Waals surface area contributed by atoms with Crippen molar-refractivity contribution in [3.8, 4) is 0 Å². The first-order valence-corrected chi connectivity index (χ1v) is 7.06. The molecule has 104 valence electrons. The van der Waals surface area contributed by atoms with Gasteiger partial charge in [0, 0.05) is 25.7 Å². The number of amides is 2. The molecule has 0 aromatic rings. The lowest BCUT2D eigenvalue weighted by Crippen LogP contribution is -2.53. The lowest BCUT2D eigenvalue weighted by Gasteiger charge is -2.39. The van der Waals surface area contributed by atoms with E-state index in [4.69, 9.17) is 0 Å². The zero-order chi connectivity index (χ0) is 13.7. The Morgan fingerprint density at radius 2 is 1.78 bits per heavy atom. The molecule has 2 amide bonds. The van der Waals surface area contributed by atoms with Gasteiger partial charge >= 0.3 is 11.8 Å². The number of rotatable bonds is 3. The average Bonchev–Trinajstić information content (AvgIpc) is 2.34. The molecule has 1 aliphatic rings. The van der Waals surface area contributed by atoms with Gasteiger partial charge in [-0.05, 0) is 39.5 Å². The van der Waals surface area contributed by atoms with Crippen LogP contribution in [-0.2, 0) is 9.59 Å². The van der Waals surface area contributed by atoms with Gasteiger partial charge in [0.25, 0.3) is 0 Å². The average molecular weight is 254 g/mol. The summed E-state index contributed by atoms with van der Waals surface area (Å²) in [6.45, 7) is 6.81. The Morgan fingerprint density at radius 3 is 2.28 bits per heavy atom. The third kappa shape index (κ3) is 3.47. The van der Waals surface area contributed by atoms with Crippen molar-refractivity contribution in [3.05, 3.63) is 0 Å². The second-order valence-corrected chi connectivity index (χ2v) is 5.42. The van der Waals surface area contributed by atoms with Crippen LogP contribution >= 0.6 is 0 Å². The fourth-order valence-corrected chi connectivity index (χ4v) is 2.59. The fraction of sp³-hybridized carbons (Fsp3) is 0.857. The monoisotopic (exact) mass is 254 g/mol. The highest BCUT2D eigenvalue weighted by atomic mass is 16.2. The van der Waals surface area contributed by atoms with Crippen LogP contribution in [0.3, 0.4) is 0 Å². The normalized spacial score (nSPS) is 23.9. The van der Waals surface area contributed by atoms with Crippen molar-refractivity contribution in [2.75, 3.05) is 13.6 Å². The summed E-state index contributed by atoms with van der Waals surface area (Å²) in [5.74, 6) is -0.683. The molecular weight excluding hydrogens is 228 g/mol. The van der Waals surface area contributed by atoms with Crippen LogP contribution in [0, 0.1) is 0 Å². The minimum atomic E-state index is -0.357. The van der Waals surface area contributed by atoms with Crippen LogP contribution in [0.4, 0.5) is 0 Å². The highest BCUT2D eigenvalue weighted by molar-refractivity contribution is 6.35. The first-order valence-electron chi connectivity index (χ1n) is 7.06. The number of hydrogen-bond donors (Lipinski definition) is 0. The Balaban J connectivity index is 2.64. The van der Waals surface area contributed by atoms with Crippen molar-refractivity contribution in [1.29, 1.82) is 0 Å². The van der Waals surface area contributed by atoms with E-state index in [1.165, 1.54) is 0 Å². The molecule has 1 aliphatic heterocycles. The fourth-order valence-electron chi connectivity index (χ4n) is 2.59. The highest BCUT2D eigenvalue weighted by Gasteiger charge is 2.33. The first kappa shape index (κ1) is 15.0. The maximum atomic E-state index is 12.3. The van der Waals surface area contributed by atoms with Crippen molar-refractivity contribution in [2.24, 2.45) is 0 Å². The summed E-state index contributed by atoms with van der Waals surface area (Å²) in [5.41, 5.74) is 0. The van der Waals surface area contributed by atoms with E-state index in [-0.39, 0.29) is 23.9 Å². The molecule has 0 spiro atoms. The molecule has 0 aliphatic carbocycles. The Hall–Kier alpha value is -1.06. The quantitative estimate of drug-likeness (QED) is 0.723. The van der Waals surface area contributed by atoms with Gasteiger partial charge < -0.3 is 9.80 Å². The summed E-state index contributed by atoms with van der Waals surface area (Å²) >= 11 is 0.